The SMILES string of the molecule is CNC(=O)[C@@H](C)N(Cc1ccc(C)cc1)C(=O)COc1cc(OC)cc(OC)c1. The van der Waals surface area contributed by atoms with Crippen LogP contribution in [-0.4, -0.2) is 50.6 Å². The van der Waals surface area contributed by atoms with Crippen LogP contribution in [0.15, 0.2) is 42.5 Å². The zero-order valence-corrected chi connectivity index (χ0v) is 17.5. The third-order valence-corrected chi connectivity index (χ3v) is 4.57. The van der Waals surface area contributed by atoms with Gasteiger partial charge in [0.1, 0.15) is 23.3 Å². The van der Waals surface area contributed by atoms with E-state index in [0.29, 0.717) is 23.8 Å². The topological polar surface area (TPSA) is 77.1 Å². The smallest absolute Gasteiger partial charge is 0.261 e. The molecule has 0 aliphatic carbocycles. The van der Waals surface area contributed by atoms with E-state index in [4.69, 9.17) is 14.2 Å². The highest BCUT2D eigenvalue weighted by molar-refractivity contribution is 5.87. The Labute approximate surface area is 171 Å². The van der Waals surface area contributed by atoms with Crippen LogP contribution in [0.3, 0.4) is 0 Å². The van der Waals surface area contributed by atoms with E-state index in [2.05, 4.69) is 5.32 Å². The number of rotatable bonds is 9. The Hall–Kier alpha value is -3.22. The molecule has 0 aliphatic heterocycles. The van der Waals surface area contributed by atoms with Gasteiger partial charge in [0.05, 0.1) is 14.2 Å². The van der Waals surface area contributed by atoms with E-state index < -0.39 is 6.04 Å². The van der Waals surface area contributed by atoms with Crippen LogP contribution in [0, 0.1) is 6.92 Å². The number of amides is 2. The fourth-order valence-corrected chi connectivity index (χ4v) is 2.77. The number of ether oxygens (including phenoxy) is 3. The van der Waals surface area contributed by atoms with Crippen molar-refractivity contribution in [3.05, 3.63) is 53.6 Å². The molecule has 7 heteroatoms. The highest BCUT2D eigenvalue weighted by Crippen LogP contribution is 2.27. The number of carbonyl (C=O) groups is 2. The first-order valence-electron chi connectivity index (χ1n) is 9.30. The van der Waals surface area contributed by atoms with Crippen LogP contribution in [0.5, 0.6) is 17.2 Å². The van der Waals surface area contributed by atoms with E-state index in [1.165, 1.54) is 19.1 Å². The number of likely N-dealkylation sites (N-methyl/N-ethyl adjacent to an activating group) is 1. The summed E-state index contributed by atoms with van der Waals surface area (Å²) in [5.74, 6) is 1.01. The Morgan fingerprint density at radius 2 is 1.55 bits per heavy atom. The van der Waals surface area contributed by atoms with Crippen molar-refractivity contribution in [2.24, 2.45) is 0 Å². The second-order valence-electron chi connectivity index (χ2n) is 6.63. The molecule has 2 aromatic carbocycles. The number of hydrogen-bond acceptors (Lipinski definition) is 5. The standard InChI is InChI=1S/C22H28N2O5/c1-15-6-8-17(9-7-15)13-24(16(2)22(26)23-3)21(25)14-29-20-11-18(27-4)10-19(12-20)28-5/h6-12,16H,13-14H2,1-5H3,(H,23,26)/t16-/m1/s1. The van der Waals surface area contributed by atoms with Gasteiger partial charge in [0, 0.05) is 31.8 Å². The van der Waals surface area contributed by atoms with E-state index in [1.807, 2.05) is 31.2 Å². The number of methoxy groups -OCH3 is 2. The maximum Gasteiger partial charge on any atom is 0.261 e. The lowest BCUT2D eigenvalue weighted by Crippen LogP contribution is -2.48. The number of aryl methyl sites for hydroxylation is 1. The Balaban J connectivity index is 2.16. The summed E-state index contributed by atoms with van der Waals surface area (Å²) >= 11 is 0. The third-order valence-electron chi connectivity index (χ3n) is 4.57. The molecule has 0 unspecified atom stereocenters. The average Bonchev–Trinajstić information content (AvgIpc) is 2.75. The Kier molecular flexibility index (Phi) is 7.88. The molecule has 7 nitrogen and oxygen atoms in total. The van der Waals surface area contributed by atoms with Crippen LogP contribution in [0.25, 0.3) is 0 Å². The number of benzene rings is 2. The number of nitrogens with one attached hydrogen (secondary N) is 1. The number of hydrogen-bond donors (Lipinski definition) is 1. The number of carbonyl (C=O) groups excluding carboxylic acids is 2. The fourth-order valence-electron chi connectivity index (χ4n) is 2.77. The molecule has 1 N–H and O–H groups in total. The monoisotopic (exact) mass is 400 g/mol. The van der Waals surface area contributed by atoms with Crippen molar-refractivity contribution in [1.82, 2.24) is 10.2 Å². The summed E-state index contributed by atoms with van der Waals surface area (Å²) in [5, 5.41) is 2.59. The molecule has 0 fully saturated rings. The van der Waals surface area contributed by atoms with Crippen LogP contribution in [0.1, 0.15) is 18.1 Å². The van der Waals surface area contributed by atoms with Crippen LogP contribution < -0.4 is 19.5 Å². The molecule has 2 rings (SSSR count). The molecule has 0 spiro atoms. The molecule has 156 valence electrons. The van der Waals surface area contributed by atoms with Gasteiger partial charge in [-0.1, -0.05) is 29.8 Å². The van der Waals surface area contributed by atoms with E-state index in [9.17, 15) is 9.59 Å². The molecule has 0 aliphatic rings. The minimum Gasteiger partial charge on any atom is -0.496 e. The maximum absolute atomic E-state index is 12.9. The van der Waals surface area contributed by atoms with Crippen molar-refractivity contribution < 1.29 is 23.8 Å². The lowest BCUT2D eigenvalue weighted by atomic mass is 10.1. The van der Waals surface area contributed by atoms with Crippen molar-refractivity contribution in [2.45, 2.75) is 26.4 Å². The number of nitrogens with zero attached hydrogens (tertiary/aromatic N) is 1. The minimum absolute atomic E-state index is 0.219. The van der Waals surface area contributed by atoms with Gasteiger partial charge in [0.15, 0.2) is 6.61 Å². The van der Waals surface area contributed by atoms with E-state index in [-0.39, 0.29) is 18.4 Å². The Morgan fingerprint density at radius 3 is 2.07 bits per heavy atom. The molecule has 0 radical (unpaired) electrons. The van der Waals surface area contributed by atoms with Gasteiger partial charge >= 0.3 is 0 Å². The molecule has 0 saturated carbocycles. The molecule has 1 atom stereocenters. The zero-order valence-electron chi connectivity index (χ0n) is 17.5. The van der Waals surface area contributed by atoms with Gasteiger partial charge in [-0.05, 0) is 19.4 Å². The first-order valence-corrected chi connectivity index (χ1v) is 9.30. The molecule has 0 aromatic heterocycles. The predicted molar refractivity (Wildman–Crippen MR) is 110 cm³/mol. The molecule has 2 aromatic rings. The lowest BCUT2D eigenvalue weighted by molar-refractivity contribution is -0.142. The van der Waals surface area contributed by atoms with Gasteiger partial charge < -0.3 is 24.4 Å². The van der Waals surface area contributed by atoms with Crippen LogP contribution in [-0.2, 0) is 16.1 Å². The maximum atomic E-state index is 12.9. The van der Waals surface area contributed by atoms with E-state index >= 15 is 0 Å². The van der Waals surface area contributed by atoms with Crippen molar-refractivity contribution >= 4 is 11.8 Å². The largest absolute Gasteiger partial charge is 0.496 e. The van der Waals surface area contributed by atoms with E-state index in [1.54, 1.807) is 32.2 Å². The fraction of sp³-hybridized carbons (Fsp3) is 0.364. The zero-order chi connectivity index (χ0) is 21.4. The lowest BCUT2D eigenvalue weighted by Gasteiger charge is -2.28. The summed E-state index contributed by atoms with van der Waals surface area (Å²) in [7, 11) is 4.63. The van der Waals surface area contributed by atoms with Gasteiger partial charge in [-0.15, -0.1) is 0 Å². The van der Waals surface area contributed by atoms with Gasteiger partial charge in [-0.2, -0.15) is 0 Å². The predicted octanol–water partition coefficient (Wildman–Crippen LogP) is 2.55. The summed E-state index contributed by atoms with van der Waals surface area (Å²) in [4.78, 5) is 26.6. The van der Waals surface area contributed by atoms with Crippen molar-refractivity contribution in [3.8, 4) is 17.2 Å². The minimum atomic E-state index is -0.641. The van der Waals surface area contributed by atoms with Crippen LogP contribution >= 0.6 is 0 Å². The summed E-state index contributed by atoms with van der Waals surface area (Å²) in [6, 6.07) is 12.2. The van der Waals surface area contributed by atoms with E-state index in [0.717, 1.165) is 11.1 Å². The molecule has 0 saturated heterocycles. The quantitative estimate of drug-likeness (QED) is 0.700. The van der Waals surface area contributed by atoms with Crippen molar-refractivity contribution in [1.29, 1.82) is 0 Å². The highest BCUT2D eigenvalue weighted by atomic mass is 16.5. The molecule has 2 amide bonds. The highest BCUT2D eigenvalue weighted by Gasteiger charge is 2.26. The van der Waals surface area contributed by atoms with Crippen molar-refractivity contribution in [3.63, 3.8) is 0 Å². The summed E-state index contributed by atoms with van der Waals surface area (Å²) < 4.78 is 16.1. The molecular weight excluding hydrogens is 372 g/mol. The molecule has 29 heavy (non-hydrogen) atoms. The van der Waals surface area contributed by atoms with Gasteiger partial charge in [-0.3, -0.25) is 9.59 Å². The van der Waals surface area contributed by atoms with Crippen LogP contribution in [0.2, 0.25) is 0 Å². The average molecular weight is 400 g/mol. The molecule has 0 heterocycles. The van der Waals surface area contributed by atoms with Crippen molar-refractivity contribution in [2.75, 3.05) is 27.9 Å². The summed E-state index contributed by atoms with van der Waals surface area (Å²) in [5.41, 5.74) is 2.06. The van der Waals surface area contributed by atoms with Gasteiger partial charge in [-0.25, -0.2) is 0 Å². The molecular formula is C22H28N2O5. The first kappa shape index (κ1) is 22.1. The Morgan fingerprint density at radius 1 is 1.00 bits per heavy atom. The van der Waals surface area contributed by atoms with Gasteiger partial charge in [0.2, 0.25) is 5.91 Å². The van der Waals surface area contributed by atoms with Gasteiger partial charge in [0.25, 0.3) is 5.91 Å². The van der Waals surface area contributed by atoms with Crippen LogP contribution in [0.4, 0.5) is 0 Å². The third kappa shape index (κ3) is 6.14. The normalized spacial score (nSPS) is 11.3. The Bertz CT molecular complexity index is 813. The second-order valence-corrected chi connectivity index (χ2v) is 6.63. The summed E-state index contributed by atoms with van der Waals surface area (Å²) in [6.07, 6.45) is 0. The molecule has 0 bridgehead atoms. The summed E-state index contributed by atoms with van der Waals surface area (Å²) in [6.45, 7) is 3.78. The first-order chi connectivity index (χ1) is 13.9. The second kappa shape index (κ2) is 10.4.